The van der Waals surface area contributed by atoms with Crippen LogP contribution in [0.1, 0.15) is 25.7 Å². The highest BCUT2D eigenvalue weighted by molar-refractivity contribution is 14.1. The molecule has 17 heavy (non-hydrogen) atoms. The number of unbranched alkanes of at least 4 members (excludes halogenated alkanes) is 1. The van der Waals surface area contributed by atoms with Crippen molar-refractivity contribution in [1.82, 2.24) is 0 Å². The Bertz CT molecular complexity index is 205. The van der Waals surface area contributed by atoms with Crippen molar-refractivity contribution in [2.45, 2.75) is 43.9 Å². The lowest BCUT2D eigenvalue weighted by Crippen LogP contribution is -2.42. The fourth-order valence-electron chi connectivity index (χ4n) is 2.04. The van der Waals surface area contributed by atoms with Gasteiger partial charge in [-0.05, 0) is 19.3 Å². The fourth-order valence-corrected chi connectivity index (χ4v) is 4.45. The van der Waals surface area contributed by atoms with Crippen molar-refractivity contribution in [3.05, 3.63) is 0 Å². The van der Waals surface area contributed by atoms with Crippen LogP contribution in [0, 0.1) is 0 Å². The van der Waals surface area contributed by atoms with Gasteiger partial charge in [0.25, 0.3) is 0 Å². The molecule has 0 aromatic rings. The lowest BCUT2D eigenvalue weighted by Gasteiger charge is -2.24. The Balaban J connectivity index is 2.07. The molecule has 0 aliphatic carbocycles. The second-order valence-electron chi connectivity index (χ2n) is 4.23. The standard InChI is InChI=1S/C11H23IO4Si/c1-13-17(14-2,15-3)9-5-4-6-10-11(16-10)7-8-12/h10-11H,4-9H2,1-3H3. The Labute approximate surface area is 119 Å². The highest BCUT2D eigenvalue weighted by atomic mass is 127. The second kappa shape index (κ2) is 8.06. The molecule has 0 spiro atoms. The van der Waals surface area contributed by atoms with Crippen molar-refractivity contribution >= 4 is 31.4 Å². The SMILES string of the molecule is CO[Si](CCCCC1OC1CCI)(OC)OC. The Hall–Kier alpha value is 0.787. The summed E-state index contributed by atoms with van der Waals surface area (Å²) in [6.07, 6.45) is 5.63. The van der Waals surface area contributed by atoms with Crippen molar-refractivity contribution in [1.29, 1.82) is 0 Å². The lowest BCUT2D eigenvalue weighted by atomic mass is 10.1. The van der Waals surface area contributed by atoms with Crippen LogP contribution in [0.5, 0.6) is 0 Å². The zero-order chi connectivity index (χ0) is 12.7. The second-order valence-corrected chi connectivity index (χ2v) is 8.40. The largest absolute Gasteiger partial charge is 0.500 e. The molecule has 2 atom stereocenters. The molecule has 6 heteroatoms. The molecule has 0 N–H and O–H groups in total. The zero-order valence-corrected chi connectivity index (χ0v) is 14.1. The van der Waals surface area contributed by atoms with E-state index in [1.165, 1.54) is 10.8 Å². The minimum absolute atomic E-state index is 0.508. The van der Waals surface area contributed by atoms with E-state index >= 15 is 0 Å². The molecule has 0 aromatic heterocycles. The minimum atomic E-state index is -2.34. The third kappa shape index (κ3) is 5.12. The van der Waals surface area contributed by atoms with Crippen molar-refractivity contribution < 1.29 is 18.0 Å². The molecule has 102 valence electrons. The first-order valence-electron chi connectivity index (χ1n) is 6.08. The predicted molar refractivity (Wildman–Crippen MR) is 77.6 cm³/mol. The Kier molecular flexibility index (Phi) is 7.51. The molecule has 1 rings (SSSR count). The molecule has 0 bridgehead atoms. The van der Waals surface area contributed by atoms with Gasteiger partial charge in [0.1, 0.15) is 0 Å². The minimum Gasteiger partial charge on any atom is -0.377 e. The molecular weight excluding hydrogens is 351 g/mol. The molecular formula is C11H23IO4Si. The summed E-state index contributed by atoms with van der Waals surface area (Å²) >= 11 is 2.40. The Morgan fingerprint density at radius 3 is 2.12 bits per heavy atom. The van der Waals surface area contributed by atoms with E-state index in [1.54, 1.807) is 21.3 Å². The average Bonchev–Trinajstić information content (AvgIpc) is 3.09. The van der Waals surface area contributed by atoms with Gasteiger partial charge in [-0.1, -0.05) is 29.0 Å². The molecule has 2 unspecified atom stereocenters. The number of rotatable bonds is 10. The topological polar surface area (TPSA) is 40.2 Å². The summed E-state index contributed by atoms with van der Waals surface area (Å²) in [7, 11) is 2.66. The van der Waals surface area contributed by atoms with Gasteiger partial charge in [-0.25, -0.2) is 0 Å². The molecule has 1 aliphatic rings. The molecule has 1 saturated heterocycles. The third-order valence-corrected chi connectivity index (χ3v) is 6.69. The van der Waals surface area contributed by atoms with E-state index < -0.39 is 8.80 Å². The Morgan fingerprint density at radius 1 is 1.00 bits per heavy atom. The summed E-state index contributed by atoms with van der Waals surface area (Å²) in [5, 5.41) is 0. The summed E-state index contributed by atoms with van der Waals surface area (Å²) in [5.41, 5.74) is 0. The molecule has 1 fully saturated rings. The van der Waals surface area contributed by atoms with Gasteiger partial charge in [-0.2, -0.15) is 0 Å². The fraction of sp³-hybridized carbons (Fsp3) is 1.00. The van der Waals surface area contributed by atoms with Gasteiger partial charge in [0.05, 0.1) is 12.2 Å². The van der Waals surface area contributed by atoms with E-state index in [1.807, 2.05) is 0 Å². The summed E-state index contributed by atoms with van der Waals surface area (Å²) in [5.74, 6) is 0. The monoisotopic (exact) mass is 374 g/mol. The van der Waals surface area contributed by atoms with Gasteiger partial charge in [0.15, 0.2) is 0 Å². The maximum absolute atomic E-state index is 5.58. The van der Waals surface area contributed by atoms with E-state index in [9.17, 15) is 0 Å². The van der Waals surface area contributed by atoms with Crippen LogP contribution in [0.15, 0.2) is 0 Å². The van der Waals surface area contributed by atoms with Crippen molar-refractivity contribution in [3.8, 4) is 0 Å². The molecule has 0 aromatic carbocycles. The van der Waals surface area contributed by atoms with Crippen LogP contribution in [-0.4, -0.2) is 46.8 Å². The predicted octanol–water partition coefficient (Wildman–Crippen LogP) is 2.63. The number of hydrogen-bond donors (Lipinski definition) is 0. The van der Waals surface area contributed by atoms with E-state index in [2.05, 4.69) is 22.6 Å². The summed E-state index contributed by atoms with van der Waals surface area (Å²) < 4.78 is 22.9. The third-order valence-electron chi connectivity index (χ3n) is 3.24. The lowest BCUT2D eigenvalue weighted by molar-refractivity contribution is 0.122. The molecule has 1 aliphatic heterocycles. The molecule has 0 saturated carbocycles. The van der Waals surface area contributed by atoms with Crippen LogP contribution in [0.2, 0.25) is 6.04 Å². The summed E-state index contributed by atoms with van der Waals surface area (Å²) in [6.45, 7) is 0. The average molecular weight is 374 g/mol. The first-order valence-corrected chi connectivity index (χ1v) is 9.54. The number of halogens is 1. The normalized spacial score (nSPS) is 24.0. The van der Waals surface area contributed by atoms with Crippen LogP contribution in [-0.2, 0) is 18.0 Å². The van der Waals surface area contributed by atoms with E-state index in [0.717, 1.165) is 25.3 Å². The highest BCUT2D eigenvalue weighted by Gasteiger charge is 2.39. The van der Waals surface area contributed by atoms with Gasteiger partial charge in [0, 0.05) is 31.8 Å². The van der Waals surface area contributed by atoms with Crippen LogP contribution < -0.4 is 0 Å². The first-order chi connectivity index (χ1) is 8.21. The molecule has 0 radical (unpaired) electrons. The van der Waals surface area contributed by atoms with E-state index in [-0.39, 0.29) is 0 Å². The summed E-state index contributed by atoms with van der Waals surface area (Å²) in [4.78, 5) is 0. The van der Waals surface area contributed by atoms with Gasteiger partial charge in [-0.3, -0.25) is 0 Å². The van der Waals surface area contributed by atoms with Gasteiger partial charge < -0.3 is 18.0 Å². The van der Waals surface area contributed by atoms with Crippen molar-refractivity contribution in [2.75, 3.05) is 25.8 Å². The highest BCUT2D eigenvalue weighted by Crippen LogP contribution is 2.31. The zero-order valence-electron chi connectivity index (χ0n) is 10.9. The smallest absolute Gasteiger partial charge is 0.377 e. The van der Waals surface area contributed by atoms with Gasteiger partial charge >= 0.3 is 8.80 Å². The molecule has 1 heterocycles. The van der Waals surface area contributed by atoms with Crippen LogP contribution >= 0.6 is 22.6 Å². The Morgan fingerprint density at radius 2 is 1.59 bits per heavy atom. The number of ether oxygens (including phenoxy) is 1. The number of hydrogen-bond acceptors (Lipinski definition) is 4. The first kappa shape index (κ1) is 15.8. The van der Waals surface area contributed by atoms with Crippen LogP contribution in [0.25, 0.3) is 0 Å². The van der Waals surface area contributed by atoms with Crippen molar-refractivity contribution in [3.63, 3.8) is 0 Å². The molecule has 0 amide bonds. The van der Waals surface area contributed by atoms with E-state index in [0.29, 0.717) is 12.2 Å². The van der Waals surface area contributed by atoms with Gasteiger partial charge in [-0.15, -0.1) is 0 Å². The van der Waals surface area contributed by atoms with Crippen molar-refractivity contribution in [2.24, 2.45) is 0 Å². The molecule has 4 nitrogen and oxygen atoms in total. The van der Waals surface area contributed by atoms with Crippen LogP contribution in [0.3, 0.4) is 0 Å². The summed E-state index contributed by atoms with van der Waals surface area (Å²) in [6, 6.07) is 0.889. The maximum Gasteiger partial charge on any atom is 0.500 e. The van der Waals surface area contributed by atoms with E-state index in [4.69, 9.17) is 18.0 Å². The number of alkyl halides is 1. The van der Waals surface area contributed by atoms with Gasteiger partial charge in [0.2, 0.25) is 0 Å². The number of epoxide rings is 1. The maximum atomic E-state index is 5.58. The quantitative estimate of drug-likeness (QED) is 0.194. The van der Waals surface area contributed by atoms with Crippen LogP contribution in [0.4, 0.5) is 0 Å².